The fourth-order valence-corrected chi connectivity index (χ4v) is 7.69. The number of benzene rings is 1. The van der Waals surface area contributed by atoms with Gasteiger partial charge in [0.05, 0.1) is 38.1 Å². The van der Waals surface area contributed by atoms with Crippen molar-refractivity contribution in [3.8, 4) is 0 Å². The molecule has 0 radical (unpaired) electrons. The molecule has 0 saturated carbocycles. The molecule has 1 unspecified atom stereocenters. The highest BCUT2D eigenvalue weighted by molar-refractivity contribution is 5.20. The van der Waals surface area contributed by atoms with Gasteiger partial charge in [-0.05, 0) is 61.5 Å². The summed E-state index contributed by atoms with van der Waals surface area (Å²) >= 11 is 0. The zero-order valence-corrected chi connectivity index (χ0v) is 24.3. The van der Waals surface area contributed by atoms with E-state index in [4.69, 9.17) is 28.4 Å². The summed E-state index contributed by atoms with van der Waals surface area (Å²) < 4.78 is 38.8. The van der Waals surface area contributed by atoms with E-state index in [0.717, 1.165) is 82.1 Å². The lowest BCUT2D eigenvalue weighted by atomic mass is 9.79. The van der Waals surface area contributed by atoms with Crippen molar-refractivity contribution in [3.05, 3.63) is 48.0 Å². The second-order valence-corrected chi connectivity index (χ2v) is 13.0. The maximum atomic E-state index is 11.6. The second kappa shape index (κ2) is 12.1. The first-order valence-corrected chi connectivity index (χ1v) is 15.7. The van der Waals surface area contributed by atoms with Crippen molar-refractivity contribution in [3.63, 3.8) is 0 Å². The molecule has 0 bridgehead atoms. The third-order valence-electron chi connectivity index (χ3n) is 9.95. The molecule has 5 saturated heterocycles. The van der Waals surface area contributed by atoms with E-state index in [1.807, 2.05) is 18.2 Å². The largest absolute Gasteiger partial charge is 0.390 e. The summed E-state index contributed by atoms with van der Waals surface area (Å²) in [5, 5.41) is 11.6. The van der Waals surface area contributed by atoms with Crippen LogP contribution in [-0.4, -0.2) is 66.5 Å². The Labute approximate surface area is 239 Å². The average molecular weight is 557 g/mol. The maximum absolute atomic E-state index is 11.6. The van der Waals surface area contributed by atoms with Crippen LogP contribution in [0.5, 0.6) is 0 Å². The molecule has 0 aliphatic carbocycles. The van der Waals surface area contributed by atoms with Crippen LogP contribution in [0.25, 0.3) is 0 Å². The molecule has 1 aromatic carbocycles. The Kier molecular flexibility index (Phi) is 8.72. The molecule has 6 rings (SSSR count). The number of hydrogen-bond donors (Lipinski definition) is 1. The molecule has 5 aliphatic rings. The van der Waals surface area contributed by atoms with E-state index in [2.05, 4.69) is 32.6 Å². The van der Waals surface area contributed by atoms with Gasteiger partial charge >= 0.3 is 0 Å². The molecular formula is C33H48O7. The summed E-state index contributed by atoms with van der Waals surface area (Å²) in [6, 6.07) is 10.2. The molecule has 5 heterocycles. The number of aliphatic hydroxyl groups excluding tert-OH is 1. The summed E-state index contributed by atoms with van der Waals surface area (Å²) in [5.41, 5.74) is 1.84. The average Bonchev–Trinajstić information content (AvgIpc) is 3.42. The minimum Gasteiger partial charge on any atom is -0.390 e. The van der Waals surface area contributed by atoms with Gasteiger partial charge in [-0.15, -0.1) is 0 Å². The summed E-state index contributed by atoms with van der Waals surface area (Å²) in [5.74, 6) is -0.441. The van der Waals surface area contributed by atoms with Crippen LogP contribution in [0, 0.1) is 11.8 Å². The van der Waals surface area contributed by atoms with Gasteiger partial charge in [-0.3, -0.25) is 0 Å². The van der Waals surface area contributed by atoms with Gasteiger partial charge in [0, 0.05) is 25.7 Å². The monoisotopic (exact) mass is 556 g/mol. The standard InChI is InChI=1S/C33H48O7/c1-22-12-16-32(14-7-8-18-36-32)39-28(22)23(2)20-26(34)29-24(3)30(35-21-25-10-5-4-6-11-25)31-27(38-29)13-17-33(40-31)15-9-19-37-33/h4-6,10-11,22-23,26-31,34H,3,7-9,12-21H2,1-2H3/t22-,23+,26?,27-,28+,29+,30-,31-,32+,33-/m1/s1. The number of aliphatic hydroxyl groups is 1. The molecule has 5 fully saturated rings. The van der Waals surface area contributed by atoms with Crippen LogP contribution in [-0.2, 0) is 35.0 Å². The first-order chi connectivity index (χ1) is 19.4. The molecule has 2 spiro atoms. The van der Waals surface area contributed by atoms with E-state index in [0.29, 0.717) is 18.9 Å². The van der Waals surface area contributed by atoms with Crippen LogP contribution in [0.3, 0.4) is 0 Å². The Morgan fingerprint density at radius 1 is 0.975 bits per heavy atom. The smallest absolute Gasteiger partial charge is 0.169 e. The highest BCUT2D eigenvalue weighted by Crippen LogP contribution is 2.46. The summed E-state index contributed by atoms with van der Waals surface area (Å²) in [4.78, 5) is 0. The van der Waals surface area contributed by atoms with Crippen molar-refractivity contribution in [1.82, 2.24) is 0 Å². The van der Waals surface area contributed by atoms with Crippen molar-refractivity contribution in [1.29, 1.82) is 0 Å². The number of fused-ring (bicyclic) bond motifs is 1. The molecule has 40 heavy (non-hydrogen) atoms. The Morgan fingerprint density at radius 2 is 1.70 bits per heavy atom. The van der Waals surface area contributed by atoms with E-state index >= 15 is 0 Å². The van der Waals surface area contributed by atoms with Gasteiger partial charge < -0.3 is 33.5 Å². The van der Waals surface area contributed by atoms with Crippen LogP contribution < -0.4 is 0 Å². The summed E-state index contributed by atoms with van der Waals surface area (Å²) in [7, 11) is 0. The molecule has 5 aliphatic heterocycles. The maximum Gasteiger partial charge on any atom is 0.169 e. The third kappa shape index (κ3) is 5.94. The molecule has 7 heteroatoms. The van der Waals surface area contributed by atoms with Crippen LogP contribution in [0.4, 0.5) is 0 Å². The van der Waals surface area contributed by atoms with Crippen molar-refractivity contribution < 1.29 is 33.5 Å². The van der Waals surface area contributed by atoms with E-state index < -0.39 is 23.8 Å². The predicted molar refractivity (Wildman–Crippen MR) is 150 cm³/mol. The van der Waals surface area contributed by atoms with Gasteiger partial charge in [0.1, 0.15) is 18.3 Å². The molecule has 7 nitrogen and oxygen atoms in total. The van der Waals surface area contributed by atoms with Gasteiger partial charge in [0.2, 0.25) is 0 Å². The van der Waals surface area contributed by atoms with Gasteiger partial charge in [-0.25, -0.2) is 0 Å². The molecule has 0 amide bonds. The summed E-state index contributed by atoms with van der Waals surface area (Å²) in [6.45, 7) is 10.8. The lowest BCUT2D eigenvalue weighted by Crippen LogP contribution is -2.60. The fourth-order valence-electron chi connectivity index (χ4n) is 7.69. The number of ether oxygens (including phenoxy) is 6. The van der Waals surface area contributed by atoms with Crippen LogP contribution in [0.2, 0.25) is 0 Å². The zero-order chi connectivity index (χ0) is 27.7. The number of hydrogen-bond acceptors (Lipinski definition) is 7. The molecule has 222 valence electrons. The van der Waals surface area contributed by atoms with Crippen LogP contribution in [0.1, 0.15) is 83.6 Å². The quantitative estimate of drug-likeness (QED) is 0.433. The highest BCUT2D eigenvalue weighted by Gasteiger charge is 2.53. The van der Waals surface area contributed by atoms with Crippen LogP contribution >= 0.6 is 0 Å². The Hall–Kier alpha value is -1.32. The van der Waals surface area contributed by atoms with Crippen molar-refractivity contribution >= 4 is 0 Å². The molecule has 1 N–H and O–H groups in total. The van der Waals surface area contributed by atoms with E-state index in [-0.39, 0.29) is 30.3 Å². The number of rotatable bonds is 7. The molecule has 0 aromatic heterocycles. The lowest BCUT2D eigenvalue weighted by Gasteiger charge is -2.51. The van der Waals surface area contributed by atoms with Gasteiger partial charge in [-0.1, -0.05) is 50.8 Å². The first kappa shape index (κ1) is 28.8. The second-order valence-electron chi connectivity index (χ2n) is 13.0. The molecule has 10 atom stereocenters. The SMILES string of the molecule is C=C1[C@@H](OCc2ccccc2)[C@@H]2O[C@]3(CCCO3)CC[C@H]2O[C@@H]1C(O)C[C@H](C)[C@H]1O[C@@]2(CCCCO2)CC[C@H]1C. The van der Waals surface area contributed by atoms with E-state index in [9.17, 15) is 5.11 Å². The lowest BCUT2D eigenvalue weighted by molar-refractivity contribution is -0.320. The Bertz CT molecular complexity index is 986. The van der Waals surface area contributed by atoms with Gasteiger partial charge in [0.25, 0.3) is 0 Å². The minimum absolute atomic E-state index is 0.0358. The summed E-state index contributed by atoms with van der Waals surface area (Å²) in [6.07, 6.45) is 7.22. The van der Waals surface area contributed by atoms with E-state index in [1.165, 1.54) is 0 Å². The zero-order valence-electron chi connectivity index (χ0n) is 24.3. The topological polar surface area (TPSA) is 75.6 Å². The van der Waals surface area contributed by atoms with E-state index in [1.54, 1.807) is 0 Å². The fraction of sp³-hybridized carbons (Fsp3) is 0.758. The minimum atomic E-state index is -0.717. The van der Waals surface area contributed by atoms with Crippen molar-refractivity contribution in [2.75, 3.05) is 13.2 Å². The third-order valence-corrected chi connectivity index (χ3v) is 9.95. The predicted octanol–water partition coefficient (Wildman–Crippen LogP) is 5.68. The molecular weight excluding hydrogens is 508 g/mol. The molecule has 1 aromatic rings. The van der Waals surface area contributed by atoms with Gasteiger partial charge in [0.15, 0.2) is 11.6 Å². The first-order valence-electron chi connectivity index (χ1n) is 15.7. The van der Waals surface area contributed by atoms with Crippen molar-refractivity contribution in [2.45, 2.75) is 133 Å². The van der Waals surface area contributed by atoms with Gasteiger partial charge in [-0.2, -0.15) is 0 Å². The Morgan fingerprint density at radius 3 is 2.45 bits per heavy atom. The Balaban J connectivity index is 1.15. The normalized spacial score (nSPS) is 41.6. The highest BCUT2D eigenvalue weighted by atomic mass is 16.7. The van der Waals surface area contributed by atoms with Crippen LogP contribution in [0.15, 0.2) is 42.5 Å². The van der Waals surface area contributed by atoms with Crippen molar-refractivity contribution in [2.24, 2.45) is 11.8 Å².